The highest BCUT2D eigenvalue weighted by molar-refractivity contribution is 6.30. The molecule has 4 rings (SSSR count). The van der Waals surface area contributed by atoms with E-state index in [1.54, 1.807) is 21.9 Å². The zero-order valence-electron chi connectivity index (χ0n) is 14.5. The largest absolute Gasteiger partial charge is 0.326 e. The predicted octanol–water partition coefficient (Wildman–Crippen LogP) is 1.54. The Kier molecular flexibility index (Phi) is 4.42. The molecule has 1 fully saturated rings. The van der Waals surface area contributed by atoms with Gasteiger partial charge in [-0.2, -0.15) is 5.10 Å². The Morgan fingerprint density at radius 1 is 1.23 bits per heavy atom. The molecular weight excluding hydrogens is 354 g/mol. The van der Waals surface area contributed by atoms with Gasteiger partial charge in [-0.1, -0.05) is 17.7 Å². The minimum Gasteiger partial charge on any atom is -0.326 e. The molecule has 2 amide bonds. The number of hydrogen-bond donors (Lipinski definition) is 1. The number of benzene rings is 1. The summed E-state index contributed by atoms with van der Waals surface area (Å²) in [6, 6.07) is 7.19. The molecule has 1 aromatic heterocycles. The van der Waals surface area contributed by atoms with Crippen LogP contribution in [0.2, 0.25) is 5.02 Å². The number of anilines is 1. The van der Waals surface area contributed by atoms with Gasteiger partial charge in [-0.3, -0.25) is 14.7 Å². The maximum absolute atomic E-state index is 12.9. The van der Waals surface area contributed by atoms with Crippen molar-refractivity contribution in [1.29, 1.82) is 0 Å². The van der Waals surface area contributed by atoms with Gasteiger partial charge < -0.3 is 14.7 Å². The van der Waals surface area contributed by atoms with E-state index in [1.165, 1.54) is 0 Å². The summed E-state index contributed by atoms with van der Waals surface area (Å²) in [7, 11) is 2.03. The average Bonchev–Trinajstić information content (AvgIpc) is 3.04. The van der Waals surface area contributed by atoms with Gasteiger partial charge in [0.2, 0.25) is 5.91 Å². The number of halogens is 1. The van der Waals surface area contributed by atoms with Crippen LogP contribution >= 0.6 is 11.6 Å². The van der Waals surface area contributed by atoms with Gasteiger partial charge in [0.05, 0.1) is 0 Å². The number of carbonyl (C=O) groups excluding carboxylic acids is 2. The molecule has 1 aromatic carbocycles. The van der Waals surface area contributed by atoms with Crippen molar-refractivity contribution < 1.29 is 9.59 Å². The van der Waals surface area contributed by atoms with Crippen LogP contribution in [0.25, 0.3) is 0 Å². The van der Waals surface area contributed by atoms with Gasteiger partial charge >= 0.3 is 0 Å². The molecule has 2 aliphatic rings. The molecule has 2 aliphatic heterocycles. The average molecular weight is 374 g/mol. The maximum Gasteiger partial charge on any atom is 0.275 e. The first-order chi connectivity index (χ1) is 12.5. The second kappa shape index (κ2) is 6.74. The van der Waals surface area contributed by atoms with Crippen molar-refractivity contribution in [3.05, 3.63) is 46.2 Å². The molecule has 3 heterocycles. The van der Waals surface area contributed by atoms with Gasteiger partial charge in [-0.05, 0) is 25.2 Å². The number of hydrogen-bond acceptors (Lipinski definition) is 4. The fourth-order valence-corrected chi connectivity index (χ4v) is 3.70. The Morgan fingerprint density at radius 2 is 2.08 bits per heavy atom. The van der Waals surface area contributed by atoms with E-state index < -0.39 is 0 Å². The molecule has 1 N–H and O–H groups in total. The van der Waals surface area contributed by atoms with Crippen LogP contribution in [0.5, 0.6) is 0 Å². The van der Waals surface area contributed by atoms with E-state index in [0.29, 0.717) is 30.4 Å². The molecule has 0 saturated carbocycles. The number of amides is 2. The Balaban J connectivity index is 1.50. The van der Waals surface area contributed by atoms with Crippen LogP contribution in [-0.2, 0) is 17.8 Å². The summed E-state index contributed by atoms with van der Waals surface area (Å²) in [5, 5.41) is 7.80. The molecule has 7 nitrogen and oxygen atoms in total. The molecule has 0 radical (unpaired) electrons. The highest BCUT2D eigenvalue weighted by Crippen LogP contribution is 2.24. The molecule has 2 aromatic rings. The summed E-state index contributed by atoms with van der Waals surface area (Å²) in [5.74, 6) is -0.301. The minimum atomic E-state index is -0.183. The molecule has 136 valence electrons. The predicted molar refractivity (Wildman–Crippen MR) is 98.3 cm³/mol. The Labute approximate surface area is 156 Å². The van der Waals surface area contributed by atoms with Crippen LogP contribution in [0.1, 0.15) is 21.7 Å². The number of aromatic nitrogens is 2. The number of aromatic amines is 1. The van der Waals surface area contributed by atoms with Crippen LogP contribution in [-0.4, -0.2) is 65.0 Å². The third kappa shape index (κ3) is 3.08. The molecule has 26 heavy (non-hydrogen) atoms. The molecule has 8 heteroatoms. The van der Waals surface area contributed by atoms with Crippen LogP contribution < -0.4 is 4.90 Å². The van der Waals surface area contributed by atoms with Gasteiger partial charge in [0.25, 0.3) is 5.91 Å². The van der Waals surface area contributed by atoms with E-state index in [-0.39, 0.29) is 18.4 Å². The van der Waals surface area contributed by atoms with Crippen LogP contribution in [0.15, 0.2) is 24.3 Å². The van der Waals surface area contributed by atoms with E-state index >= 15 is 0 Å². The summed E-state index contributed by atoms with van der Waals surface area (Å²) in [5.41, 5.74) is 3.17. The van der Waals surface area contributed by atoms with Gasteiger partial charge in [0.15, 0.2) is 5.69 Å². The summed E-state index contributed by atoms with van der Waals surface area (Å²) in [4.78, 5) is 30.9. The monoisotopic (exact) mass is 373 g/mol. The fourth-order valence-electron chi connectivity index (χ4n) is 3.52. The number of rotatable bonds is 2. The van der Waals surface area contributed by atoms with E-state index in [1.807, 2.05) is 19.2 Å². The summed E-state index contributed by atoms with van der Waals surface area (Å²) in [6.07, 6.45) is 0.855. The first kappa shape index (κ1) is 17.1. The standard InChI is InChI=1S/C18H20ClN5O2/c1-22-6-5-15-14(10-22)17(21-20-15)18(26)23-7-8-24(16(25)11-23)13-4-2-3-12(19)9-13/h2-4,9H,5-8,10-11H2,1H3,(H,20,21). The quantitative estimate of drug-likeness (QED) is 0.866. The van der Waals surface area contributed by atoms with Crippen molar-refractivity contribution >= 4 is 29.1 Å². The van der Waals surface area contributed by atoms with Crippen molar-refractivity contribution in [2.75, 3.05) is 38.1 Å². The molecule has 0 unspecified atom stereocenters. The molecular formula is C18H20ClN5O2. The number of carbonyl (C=O) groups is 2. The number of H-pyrrole nitrogens is 1. The van der Waals surface area contributed by atoms with E-state index in [4.69, 9.17) is 11.6 Å². The van der Waals surface area contributed by atoms with Crippen molar-refractivity contribution in [1.82, 2.24) is 20.0 Å². The number of piperazine rings is 1. The van der Waals surface area contributed by atoms with Crippen LogP contribution in [0.3, 0.4) is 0 Å². The van der Waals surface area contributed by atoms with Gasteiger partial charge in [-0.15, -0.1) is 0 Å². The van der Waals surface area contributed by atoms with Gasteiger partial charge in [0.1, 0.15) is 6.54 Å². The molecule has 0 atom stereocenters. The summed E-state index contributed by atoms with van der Waals surface area (Å²) in [6.45, 7) is 2.60. The lowest BCUT2D eigenvalue weighted by Gasteiger charge is -2.34. The van der Waals surface area contributed by atoms with E-state index in [0.717, 1.165) is 29.9 Å². The molecule has 0 bridgehead atoms. The van der Waals surface area contributed by atoms with Crippen molar-refractivity contribution in [2.45, 2.75) is 13.0 Å². The van der Waals surface area contributed by atoms with Crippen LogP contribution in [0.4, 0.5) is 5.69 Å². The third-order valence-corrected chi connectivity index (χ3v) is 5.19. The van der Waals surface area contributed by atoms with Crippen LogP contribution in [0, 0.1) is 0 Å². The van der Waals surface area contributed by atoms with E-state index in [2.05, 4.69) is 15.1 Å². The molecule has 1 saturated heterocycles. The maximum atomic E-state index is 12.9. The van der Waals surface area contributed by atoms with Crippen molar-refractivity contribution in [3.63, 3.8) is 0 Å². The summed E-state index contributed by atoms with van der Waals surface area (Å²) < 4.78 is 0. The van der Waals surface area contributed by atoms with Gasteiger partial charge in [0, 0.05) is 54.6 Å². The van der Waals surface area contributed by atoms with Crippen molar-refractivity contribution in [3.8, 4) is 0 Å². The summed E-state index contributed by atoms with van der Waals surface area (Å²) >= 11 is 6.02. The smallest absolute Gasteiger partial charge is 0.275 e. The zero-order chi connectivity index (χ0) is 18.3. The normalized spacial score (nSPS) is 18.2. The first-order valence-corrected chi connectivity index (χ1v) is 9.00. The molecule has 0 spiro atoms. The lowest BCUT2D eigenvalue weighted by atomic mass is 10.1. The Bertz CT molecular complexity index is 865. The number of nitrogens with one attached hydrogen (secondary N) is 1. The Hall–Kier alpha value is -2.38. The van der Waals surface area contributed by atoms with Gasteiger partial charge in [-0.25, -0.2) is 0 Å². The van der Waals surface area contributed by atoms with Crippen molar-refractivity contribution in [2.24, 2.45) is 0 Å². The first-order valence-electron chi connectivity index (χ1n) is 8.63. The topological polar surface area (TPSA) is 72.5 Å². The highest BCUT2D eigenvalue weighted by atomic mass is 35.5. The third-order valence-electron chi connectivity index (χ3n) is 4.95. The number of nitrogens with zero attached hydrogens (tertiary/aromatic N) is 4. The minimum absolute atomic E-state index is 0.0445. The second-order valence-electron chi connectivity index (χ2n) is 6.77. The Morgan fingerprint density at radius 3 is 2.85 bits per heavy atom. The van der Waals surface area contributed by atoms with E-state index in [9.17, 15) is 9.59 Å². The SMILES string of the molecule is CN1CCc2[nH]nc(C(=O)N3CCN(c4cccc(Cl)c4)C(=O)C3)c2C1. The highest BCUT2D eigenvalue weighted by Gasteiger charge is 2.32. The zero-order valence-corrected chi connectivity index (χ0v) is 15.3. The lowest BCUT2D eigenvalue weighted by molar-refractivity contribution is -0.120. The second-order valence-corrected chi connectivity index (χ2v) is 7.21. The fraction of sp³-hybridized carbons (Fsp3) is 0.389. The number of fused-ring (bicyclic) bond motifs is 1. The lowest BCUT2D eigenvalue weighted by Crippen LogP contribution is -2.52. The molecule has 0 aliphatic carbocycles. The number of likely N-dealkylation sites (N-methyl/N-ethyl adjacent to an activating group) is 1.